The molecule has 28 heavy (non-hydrogen) atoms. The maximum atomic E-state index is 14.5. The Morgan fingerprint density at radius 1 is 1.21 bits per heavy atom. The number of carbonyl (C=O) groups is 1. The lowest BCUT2D eigenvalue weighted by Gasteiger charge is -2.16. The Balaban J connectivity index is 2.26. The van der Waals surface area contributed by atoms with Crippen molar-refractivity contribution in [3.05, 3.63) is 55.1 Å². The second-order valence-corrected chi connectivity index (χ2v) is 7.62. The standard InChI is InChI=1S/C17H15Cl2F2IN2O4/c18-11-5-8(22)1-2-13(11)23-16-10(6-12(19)14(20)15(16)21)17(27)24-28-4-3-9(26)7-25/h1-2,5-6,9,23,25-26H,3-4,7H2,(H,24,27). The molecule has 1 amide bonds. The zero-order valence-corrected chi connectivity index (χ0v) is 17.8. The highest BCUT2D eigenvalue weighted by Gasteiger charge is 2.23. The van der Waals surface area contributed by atoms with Crippen molar-refractivity contribution in [1.82, 2.24) is 5.48 Å². The number of halogens is 5. The van der Waals surface area contributed by atoms with Gasteiger partial charge in [0.25, 0.3) is 5.91 Å². The highest BCUT2D eigenvalue weighted by atomic mass is 127. The predicted octanol–water partition coefficient (Wildman–Crippen LogP) is 4.02. The van der Waals surface area contributed by atoms with E-state index in [1.54, 1.807) is 18.2 Å². The Hall–Kier alpha value is -1.24. The Morgan fingerprint density at radius 2 is 1.93 bits per heavy atom. The first kappa shape index (κ1) is 23.0. The summed E-state index contributed by atoms with van der Waals surface area (Å²) in [5, 5.41) is 20.2. The number of aliphatic hydroxyl groups excluding tert-OH is 2. The first-order valence-corrected chi connectivity index (χ1v) is 9.68. The Morgan fingerprint density at radius 3 is 2.57 bits per heavy atom. The molecule has 0 fully saturated rings. The first-order valence-electron chi connectivity index (χ1n) is 7.85. The van der Waals surface area contributed by atoms with Crippen molar-refractivity contribution >= 4 is 63.1 Å². The van der Waals surface area contributed by atoms with Crippen molar-refractivity contribution < 1.29 is 28.6 Å². The normalized spacial score (nSPS) is 12.0. The molecule has 1 atom stereocenters. The zero-order chi connectivity index (χ0) is 20.8. The molecule has 6 nitrogen and oxygen atoms in total. The Kier molecular flexibility index (Phi) is 8.65. The number of nitrogens with one attached hydrogen (secondary N) is 2. The van der Waals surface area contributed by atoms with Crippen LogP contribution >= 0.6 is 45.8 Å². The van der Waals surface area contributed by atoms with E-state index < -0.39 is 41.0 Å². The molecule has 2 aromatic carbocycles. The minimum absolute atomic E-state index is 0.0542. The van der Waals surface area contributed by atoms with Gasteiger partial charge in [0.2, 0.25) is 0 Å². The van der Waals surface area contributed by atoms with Crippen molar-refractivity contribution in [1.29, 1.82) is 0 Å². The van der Waals surface area contributed by atoms with Crippen LogP contribution in [0.3, 0.4) is 0 Å². The molecule has 0 aliphatic heterocycles. The lowest BCUT2D eigenvalue weighted by Crippen LogP contribution is -2.27. The fourth-order valence-corrected chi connectivity index (χ4v) is 3.17. The Labute approximate surface area is 182 Å². The molecule has 0 radical (unpaired) electrons. The third-order valence-electron chi connectivity index (χ3n) is 3.53. The minimum Gasteiger partial charge on any atom is -0.394 e. The summed E-state index contributed by atoms with van der Waals surface area (Å²) in [4.78, 5) is 17.2. The van der Waals surface area contributed by atoms with Crippen molar-refractivity contribution in [3.8, 4) is 0 Å². The van der Waals surface area contributed by atoms with Gasteiger partial charge in [-0.25, -0.2) is 14.3 Å². The fraction of sp³-hybridized carbons (Fsp3) is 0.235. The highest BCUT2D eigenvalue weighted by molar-refractivity contribution is 14.1. The molecule has 11 heteroatoms. The van der Waals surface area contributed by atoms with E-state index in [0.717, 1.165) is 9.64 Å². The number of rotatable bonds is 8. The number of hydrogen-bond donors (Lipinski definition) is 4. The van der Waals surface area contributed by atoms with Gasteiger partial charge in [-0.15, -0.1) is 0 Å². The lowest BCUT2D eigenvalue weighted by atomic mass is 10.1. The predicted molar refractivity (Wildman–Crippen MR) is 110 cm³/mol. The van der Waals surface area contributed by atoms with E-state index >= 15 is 0 Å². The quantitative estimate of drug-likeness (QED) is 0.174. The SMILES string of the molecule is O=C(NOCCC(O)CO)c1cc(Cl)c(F)c(F)c1Nc1ccc(I)cc1Cl. The van der Waals surface area contributed by atoms with Crippen LogP contribution in [0, 0.1) is 15.2 Å². The van der Waals surface area contributed by atoms with Crippen molar-refractivity contribution in [2.24, 2.45) is 0 Å². The van der Waals surface area contributed by atoms with Gasteiger partial charge in [-0.2, -0.15) is 0 Å². The van der Waals surface area contributed by atoms with Crippen molar-refractivity contribution in [2.75, 3.05) is 18.5 Å². The van der Waals surface area contributed by atoms with Gasteiger partial charge in [0.05, 0.1) is 46.3 Å². The molecule has 0 aromatic heterocycles. The second kappa shape index (κ2) is 10.5. The van der Waals surface area contributed by atoms with Crippen LogP contribution in [-0.2, 0) is 4.84 Å². The van der Waals surface area contributed by atoms with Crippen LogP contribution in [0.25, 0.3) is 0 Å². The number of hydroxylamine groups is 1. The van der Waals surface area contributed by atoms with Crippen LogP contribution in [0.1, 0.15) is 16.8 Å². The summed E-state index contributed by atoms with van der Waals surface area (Å²) in [6.07, 6.45) is -0.951. The van der Waals surface area contributed by atoms with Crippen molar-refractivity contribution in [2.45, 2.75) is 12.5 Å². The number of carbonyl (C=O) groups excluding carboxylic acids is 1. The van der Waals surface area contributed by atoms with Crippen LogP contribution in [-0.4, -0.2) is 35.4 Å². The van der Waals surface area contributed by atoms with Gasteiger partial charge >= 0.3 is 0 Å². The number of aliphatic hydroxyl groups is 2. The zero-order valence-electron chi connectivity index (χ0n) is 14.1. The molecule has 2 rings (SSSR count). The molecule has 0 aliphatic rings. The van der Waals surface area contributed by atoms with Gasteiger partial charge in [0.1, 0.15) is 0 Å². The number of anilines is 2. The molecule has 0 saturated carbocycles. The second-order valence-electron chi connectivity index (χ2n) is 5.56. The highest BCUT2D eigenvalue weighted by Crippen LogP contribution is 2.33. The summed E-state index contributed by atoms with van der Waals surface area (Å²) in [5.74, 6) is -3.58. The van der Waals surface area contributed by atoms with Crippen LogP contribution in [0.4, 0.5) is 20.2 Å². The van der Waals surface area contributed by atoms with Crippen molar-refractivity contribution in [3.63, 3.8) is 0 Å². The van der Waals surface area contributed by atoms with Gasteiger partial charge in [0.15, 0.2) is 11.6 Å². The molecular formula is C17H15Cl2F2IN2O4. The molecule has 2 aromatic rings. The first-order chi connectivity index (χ1) is 13.2. The average molecular weight is 547 g/mol. The number of hydrogen-bond acceptors (Lipinski definition) is 5. The summed E-state index contributed by atoms with van der Waals surface area (Å²) in [6, 6.07) is 5.78. The molecule has 0 spiro atoms. The van der Waals surface area contributed by atoms with E-state index in [1.807, 2.05) is 28.1 Å². The van der Waals surface area contributed by atoms with Gasteiger partial charge in [-0.3, -0.25) is 9.63 Å². The summed E-state index contributed by atoms with van der Waals surface area (Å²) in [6.45, 7) is -0.572. The third kappa shape index (κ3) is 5.88. The molecule has 0 bridgehead atoms. The summed E-state index contributed by atoms with van der Waals surface area (Å²) < 4.78 is 29.2. The van der Waals surface area contributed by atoms with Gasteiger partial charge in [-0.1, -0.05) is 23.2 Å². The van der Waals surface area contributed by atoms with Gasteiger partial charge in [0, 0.05) is 9.99 Å². The molecule has 152 valence electrons. The largest absolute Gasteiger partial charge is 0.394 e. The van der Waals surface area contributed by atoms with E-state index in [0.29, 0.717) is 0 Å². The lowest BCUT2D eigenvalue weighted by molar-refractivity contribution is 0.00704. The molecule has 1 unspecified atom stereocenters. The van der Waals surface area contributed by atoms with Crippen LogP contribution in [0.5, 0.6) is 0 Å². The molecule has 0 aliphatic carbocycles. The molecule has 0 heterocycles. The van der Waals surface area contributed by atoms with E-state index in [4.69, 9.17) is 33.1 Å². The average Bonchev–Trinajstić information content (AvgIpc) is 2.66. The van der Waals surface area contributed by atoms with Crippen LogP contribution in [0.2, 0.25) is 10.0 Å². The van der Waals surface area contributed by atoms with Crippen LogP contribution in [0.15, 0.2) is 24.3 Å². The summed E-state index contributed by atoms with van der Waals surface area (Å²) in [7, 11) is 0. The Bertz CT molecular complexity index is 874. The number of amides is 1. The van der Waals surface area contributed by atoms with Crippen LogP contribution < -0.4 is 10.8 Å². The maximum Gasteiger partial charge on any atom is 0.277 e. The fourth-order valence-electron chi connectivity index (χ4n) is 2.08. The molecule has 4 N–H and O–H groups in total. The van der Waals surface area contributed by atoms with E-state index in [-0.39, 0.29) is 29.3 Å². The number of benzene rings is 2. The minimum atomic E-state index is -1.36. The van der Waals surface area contributed by atoms with E-state index in [1.165, 1.54) is 0 Å². The third-order valence-corrected chi connectivity index (χ3v) is 4.79. The van der Waals surface area contributed by atoms with E-state index in [2.05, 4.69) is 5.32 Å². The monoisotopic (exact) mass is 546 g/mol. The van der Waals surface area contributed by atoms with E-state index in [9.17, 15) is 18.7 Å². The smallest absolute Gasteiger partial charge is 0.277 e. The summed E-state index contributed by atoms with van der Waals surface area (Å²) >= 11 is 13.8. The summed E-state index contributed by atoms with van der Waals surface area (Å²) in [5.41, 5.74) is 1.51. The molecule has 0 saturated heterocycles. The maximum absolute atomic E-state index is 14.5. The topological polar surface area (TPSA) is 90.8 Å². The van der Waals surface area contributed by atoms with Gasteiger partial charge < -0.3 is 15.5 Å². The molecular weight excluding hydrogens is 532 g/mol. The van der Waals surface area contributed by atoms with Gasteiger partial charge in [-0.05, 0) is 46.9 Å².